The van der Waals surface area contributed by atoms with E-state index < -0.39 is 11.7 Å². The molecule has 0 aliphatic rings. The summed E-state index contributed by atoms with van der Waals surface area (Å²) >= 11 is 0. The molecule has 22 heavy (non-hydrogen) atoms. The molecule has 2 rings (SSSR count). The second-order valence-electron chi connectivity index (χ2n) is 4.36. The van der Waals surface area contributed by atoms with Gasteiger partial charge in [0.15, 0.2) is 0 Å². The van der Waals surface area contributed by atoms with Crippen molar-refractivity contribution in [3.8, 4) is 6.07 Å². The van der Waals surface area contributed by atoms with Gasteiger partial charge in [-0.1, -0.05) is 29.4 Å². The maximum Gasteiger partial charge on any atom is 0.416 e. The number of hydrogen-bond acceptors (Lipinski definition) is 3. The average molecular weight is 303 g/mol. The minimum absolute atomic E-state index is 0.137. The van der Waals surface area contributed by atoms with E-state index in [-0.39, 0.29) is 12.2 Å². The lowest BCUT2D eigenvalue weighted by molar-refractivity contribution is -0.137. The molecule has 0 fully saturated rings. The zero-order valence-corrected chi connectivity index (χ0v) is 11.3. The van der Waals surface area contributed by atoms with Crippen LogP contribution in [0.3, 0.4) is 0 Å². The van der Waals surface area contributed by atoms with Crippen molar-refractivity contribution < 1.29 is 18.0 Å². The highest BCUT2D eigenvalue weighted by Gasteiger charge is 2.30. The monoisotopic (exact) mass is 303 g/mol. The number of halogens is 3. The van der Waals surface area contributed by atoms with E-state index in [1.165, 1.54) is 12.1 Å². The second kappa shape index (κ2) is 6.76. The van der Waals surface area contributed by atoms with Gasteiger partial charge in [0, 0.05) is 5.56 Å². The predicted molar refractivity (Wildman–Crippen MR) is 73.9 cm³/mol. The topological polar surface area (TPSA) is 45.4 Å². The van der Waals surface area contributed by atoms with Crippen LogP contribution in [0.2, 0.25) is 0 Å². The molecule has 0 aromatic heterocycles. The summed E-state index contributed by atoms with van der Waals surface area (Å²) in [5.74, 6) is 0. The third-order valence-corrected chi connectivity index (χ3v) is 2.74. The molecule has 0 N–H and O–H groups in total. The highest BCUT2D eigenvalue weighted by atomic mass is 19.4. The van der Waals surface area contributed by atoms with Crippen LogP contribution in [0.5, 0.6) is 0 Å². The molecule has 1 radical (unpaired) electrons. The van der Waals surface area contributed by atoms with Crippen LogP contribution in [-0.4, -0.2) is 6.21 Å². The van der Waals surface area contributed by atoms with Gasteiger partial charge in [-0.25, -0.2) is 0 Å². The number of nitriles is 1. The van der Waals surface area contributed by atoms with Crippen LogP contribution in [0.15, 0.2) is 53.7 Å². The van der Waals surface area contributed by atoms with Crippen LogP contribution in [0.25, 0.3) is 0 Å². The normalized spacial score (nSPS) is 11.4. The van der Waals surface area contributed by atoms with E-state index in [0.29, 0.717) is 5.56 Å². The number of hydrogen-bond donors (Lipinski definition) is 0. The van der Waals surface area contributed by atoms with Crippen LogP contribution < -0.4 is 0 Å². The summed E-state index contributed by atoms with van der Waals surface area (Å²) in [6.45, 7) is 0.137. The minimum Gasteiger partial charge on any atom is -0.390 e. The zero-order chi connectivity index (χ0) is 16.0. The molecule has 6 heteroatoms. The molecule has 0 aliphatic heterocycles. The average Bonchev–Trinajstić information content (AvgIpc) is 2.52. The summed E-state index contributed by atoms with van der Waals surface area (Å²) in [7, 11) is 0. The highest BCUT2D eigenvalue weighted by Crippen LogP contribution is 2.29. The fraction of sp³-hybridized carbons (Fsp3) is 0.125. The molecule has 111 valence electrons. The maximum absolute atomic E-state index is 12.5. The third kappa shape index (κ3) is 4.35. The minimum atomic E-state index is -4.40. The molecule has 0 heterocycles. The van der Waals surface area contributed by atoms with Gasteiger partial charge in [0.2, 0.25) is 0 Å². The fourth-order valence-corrected chi connectivity index (χ4v) is 1.63. The highest BCUT2D eigenvalue weighted by molar-refractivity contribution is 5.79. The van der Waals surface area contributed by atoms with Gasteiger partial charge < -0.3 is 4.84 Å². The van der Waals surface area contributed by atoms with Gasteiger partial charge in [0.25, 0.3) is 0 Å². The van der Waals surface area contributed by atoms with Crippen molar-refractivity contribution in [3.05, 3.63) is 70.8 Å². The van der Waals surface area contributed by atoms with Crippen molar-refractivity contribution in [2.45, 2.75) is 12.8 Å². The third-order valence-electron chi connectivity index (χ3n) is 2.74. The van der Waals surface area contributed by atoms with Gasteiger partial charge in [-0.05, 0) is 29.8 Å². The predicted octanol–water partition coefficient (Wildman–Crippen LogP) is 4.00. The van der Waals surface area contributed by atoms with Gasteiger partial charge in [-0.15, -0.1) is 0 Å². The standard InChI is InChI=1S/C16H10F3N2O/c17-16(18,19)15-3-1-2-14(8-15)10-21-22-11-13-6-4-12(9-20)5-7-13/h1-8H,11H2. The first kappa shape index (κ1) is 15.6. The lowest BCUT2D eigenvalue weighted by Gasteiger charge is -2.06. The molecule has 2 aromatic carbocycles. The number of nitrogens with zero attached hydrogens (tertiary/aromatic N) is 2. The number of benzene rings is 2. The molecule has 0 aliphatic carbocycles. The molecule has 0 spiro atoms. The van der Waals surface area contributed by atoms with Gasteiger partial charge in [0.05, 0.1) is 17.2 Å². The Balaban J connectivity index is 1.94. The SMILES string of the molecule is N#Cc1ccc(CO/N=[C]\c2cccc(C(F)(F)F)c2)cc1. The van der Waals surface area contributed by atoms with Crippen LogP contribution >= 0.6 is 0 Å². The lowest BCUT2D eigenvalue weighted by Crippen LogP contribution is -2.05. The molecule has 0 saturated heterocycles. The Morgan fingerprint density at radius 2 is 1.77 bits per heavy atom. The van der Waals surface area contributed by atoms with Crippen molar-refractivity contribution in [3.63, 3.8) is 0 Å². The maximum atomic E-state index is 12.5. The van der Waals surface area contributed by atoms with Crippen molar-refractivity contribution >= 4 is 6.21 Å². The van der Waals surface area contributed by atoms with E-state index in [9.17, 15) is 13.2 Å². The molecule has 0 saturated carbocycles. The Bertz CT molecular complexity index is 701. The van der Waals surface area contributed by atoms with Crippen molar-refractivity contribution in [2.24, 2.45) is 5.16 Å². The molecular formula is C16H10F3N2O. The smallest absolute Gasteiger partial charge is 0.390 e. The van der Waals surface area contributed by atoms with Crippen LogP contribution in [-0.2, 0) is 17.6 Å². The van der Waals surface area contributed by atoms with Crippen molar-refractivity contribution in [1.29, 1.82) is 5.26 Å². The Morgan fingerprint density at radius 3 is 2.41 bits per heavy atom. The summed E-state index contributed by atoms with van der Waals surface area (Å²) < 4.78 is 37.6. The Labute approximate surface area is 125 Å². The summed E-state index contributed by atoms with van der Waals surface area (Å²) in [6, 6.07) is 13.3. The molecule has 0 unspecified atom stereocenters. The Morgan fingerprint density at radius 1 is 1.05 bits per heavy atom. The fourth-order valence-electron chi connectivity index (χ4n) is 1.63. The first-order chi connectivity index (χ1) is 10.5. The molecular weight excluding hydrogens is 293 g/mol. The summed E-state index contributed by atoms with van der Waals surface area (Å²) in [4.78, 5) is 4.97. The Kier molecular flexibility index (Phi) is 4.79. The number of rotatable bonds is 4. The molecule has 3 nitrogen and oxygen atoms in total. The van der Waals surface area contributed by atoms with Crippen LogP contribution in [0.4, 0.5) is 13.2 Å². The van der Waals surface area contributed by atoms with Gasteiger partial charge in [-0.3, -0.25) is 0 Å². The van der Waals surface area contributed by atoms with Gasteiger partial charge >= 0.3 is 6.18 Å². The quantitative estimate of drug-likeness (QED) is 0.633. The number of alkyl halides is 3. The Hall–Kier alpha value is -2.81. The zero-order valence-electron chi connectivity index (χ0n) is 11.3. The van der Waals surface area contributed by atoms with Crippen molar-refractivity contribution in [2.75, 3.05) is 0 Å². The van der Waals surface area contributed by atoms with Crippen LogP contribution in [0.1, 0.15) is 22.3 Å². The van der Waals surface area contributed by atoms with E-state index in [1.807, 2.05) is 6.07 Å². The molecule has 2 aromatic rings. The summed E-state index contributed by atoms with van der Waals surface area (Å²) in [5.41, 5.74) is 0.728. The first-order valence-corrected chi connectivity index (χ1v) is 6.23. The first-order valence-electron chi connectivity index (χ1n) is 6.23. The van der Waals surface area contributed by atoms with Gasteiger partial charge in [0.1, 0.15) is 12.8 Å². The van der Waals surface area contributed by atoms with E-state index in [2.05, 4.69) is 11.4 Å². The molecule has 0 amide bonds. The van der Waals surface area contributed by atoms with E-state index in [0.717, 1.165) is 17.7 Å². The largest absolute Gasteiger partial charge is 0.416 e. The molecule has 0 atom stereocenters. The second-order valence-corrected chi connectivity index (χ2v) is 4.36. The lowest BCUT2D eigenvalue weighted by atomic mass is 10.1. The van der Waals surface area contributed by atoms with E-state index in [4.69, 9.17) is 10.1 Å². The van der Waals surface area contributed by atoms with Crippen LogP contribution in [0, 0.1) is 11.3 Å². The van der Waals surface area contributed by atoms with E-state index in [1.54, 1.807) is 24.3 Å². The summed E-state index contributed by atoms with van der Waals surface area (Å²) in [5, 5.41) is 12.2. The molecule has 0 bridgehead atoms. The van der Waals surface area contributed by atoms with E-state index >= 15 is 0 Å². The summed E-state index contributed by atoms with van der Waals surface area (Å²) in [6.07, 6.45) is -2.00. The van der Waals surface area contributed by atoms with Gasteiger partial charge in [-0.2, -0.15) is 18.4 Å². The van der Waals surface area contributed by atoms with Crippen molar-refractivity contribution in [1.82, 2.24) is 0 Å².